The maximum atomic E-state index is 4.24. The molecule has 1 N–H and O–H groups in total. The molecule has 90 valence electrons. The molecule has 1 heterocycles. The minimum Gasteiger partial charge on any atom is -0.314 e. The van der Waals surface area contributed by atoms with Crippen molar-refractivity contribution in [3.05, 3.63) is 5.82 Å². The van der Waals surface area contributed by atoms with Gasteiger partial charge in [0, 0.05) is 12.5 Å². The molecule has 2 rings (SSSR count). The van der Waals surface area contributed by atoms with Crippen molar-refractivity contribution >= 4 is 0 Å². The summed E-state index contributed by atoms with van der Waals surface area (Å²) in [6, 6.07) is 0.513. The van der Waals surface area contributed by atoms with E-state index in [9.17, 15) is 0 Å². The van der Waals surface area contributed by atoms with Crippen molar-refractivity contribution in [1.29, 1.82) is 0 Å². The summed E-state index contributed by atoms with van der Waals surface area (Å²) in [5.41, 5.74) is 0. The van der Waals surface area contributed by atoms with E-state index in [0.29, 0.717) is 6.04 Å². The lowest BCUT2D eigenvalue weighted by atomic mass is 9.80. The number of aryl methyl sites for hydroxylation is 1. The maximum absolute atomic E-state index is 4.24. The van der Waals surface area contributed by atoms with Gasteiger partial charge in [-0.25, -0.2) is 0 Å². The summed E-state index contributed by atoms with van der Waals surface area (Å²) in [4.78, 5) is 1.53. The molecule has 1 aromatic rings. The van der Waals surface area contributed by atoms with Crippen LogP contribution < -0.4 is 5.32 Å². The van der Waals surface area contributed by atoms with E-state index in [-0.39, 0.29) is 0 Å². The van der Waals surface area contributed by atoms with Gasteiger partial charge in [-0.15, -0.1) is 10.2 Å². The van der Waals surface area contributed by atoms with Crippen molar-refractivity contribution in [2.24, 2.45) is 13.0 Å². The number of hydrogen-bond donors (Lipinski definition) is 1. The van der Waals surface area contributed by atoms with Crippen molar-refractivity contribution in [2.45, 2.75) is 45.1 Å². The van der Waals surface area contributed by atoms with Crippen molar-refractivity contribution in [3.8, 4) is 0 Å². The Hall–Kier alpha value is -0.970. The van der Waals surface area contributed by atoms with E-state index in [2.05, 4.69) is 27.7 Å². The molecule has 0 amide bonds. The molecule has 0 aliphatic heterocycles. The molecule has 1 aliphatic carbocycles. The SMILES string of the molecule is CCNC(Cc1nnn(C)n1)CC1CCC1. The molecule has 0 spiro atoms. The van der Waals surface area contributed by atoms with E-state index in [1.165, 1.54) is 30.5 Å². The monoisotopic (exact) mass is 223 g/mol. The van der Waals surface area contributed by atoms with Crippen LogP contribution in [0.5, 0.6) is 0 Å². The fraction of sp³-hybridized carbons (Fsp3) is 0.909. The molecule has 16 heavy (non-hydrogen) atoms. The molecule has 5 heteroatoms. The first-order valence-corrected chi connectivity index (χ1v) is 6.24. The van der Waals surface area contributed by atoms with Crippen LogP contribution in [0.15, 0.2) is 0 Å². The molecule has 0 saturated heterocycles. The number of likely N-dealkylation sites (N-methyl/N-ethyl adjacent to an activating group) is 1. The summed E-state index contributed by atoms with van der Waals surface area (Å²) >= 11 is 0. The van der Waals surface area contributed by atoms with Gasteiger partial charge in [0.05, 0.1) is 7.05 Å². The van der Waals surface area contributed by atoms with Gasteiger partial charge in [0.15, 0.2) is 5.82 Å². The van der Waals surface area contributed by atoms with Crippen LogP contribution >= 0.6 is 0 Å². The third kappa shape index (κ3) is 3.01. The van der Waals surface area contributed by atoms with Crippen LogP contribution in [0.2, 0.25) is 0 Å². The summed E-state index contributed by atoms with van der Waals surface area (Å²) in [6.07, 6.45) is 6.36. The number of nitrogens with one attached hydrogen (secondary N) is 1. The Morgan fingerprint density at radius 1 is 1.50 bits per heavy atom. The highest BCUT2D eigenvalue weighted by Gasteiger charge is 2.22. The Balaban J connectivity index is 1.85. The van der Waals surface area contributed by atoms with Crippen LogP contribution in [0, 0.1) is 5.92 Å². The van der Waals surface area contributed by atoms with Gasteiger partial charge in [0.1, 0.15) is 0 Å². The van der Waals surface area contributed by atoms with Gasteiger partial charge < -0.3 is 5.32 Å². The quantitative estimate of drug-likeness (QED) is 0.779. The lowest BCUT2D eigenvalue weighted by Gasteiger charge is -2.29. The summed E-state index contributed by atoms with van der Waals surface area (Å²) in [6.45, 7) is 3.16. The smallest absolute Gasteiger partial charge is 0.176 e. The Morgan fingerprint density at radius 3 is 2.81 bits per heavy atom. The van der Waals surface area contributed by atoms with Gasteiger partial charge in [-0.05, 0) is 24.1 Å². The summed E-state index contributed by atoms with van der Waals surface area (Å²) < 4.78 is 0. The summed E-state index contributed by atoms with van der Waals surface area (Å²) in [7, 11) is 1.81. The molecule has 5 nitrogen and oxygen atoms in total. The predicted molar refractivity (Wildman–Crippen MR) is 61.9 cm³/mol. The zero-order valence-corrected chi connectivity index (χ0v) is 10.2. The van der Waals surface area contributed by atoms with Crippen molar-refractivity contribution in [2.75, 3.05) is 6.54 Å². The van der Waals surface area contributed by atoms with Gasteiger partial charge in [-0.3, -0.25) is 0 Å². The fourth-order valence-electron chi connectivity index (χ4n) is 2.28. The second-order valence-electron chi connectivity index (χ2n) is 4.69. The normalized spacial score (nSPS) is 18.4. The highest BCUT2D eigenvalue weighted by Crippen LogP contribution is 2.30. The molecule has 1 saturated carbocycles. The van der Waals surface area contributed by atoms with Crippen LogP contribution in [-0.4, -0.2) is 32.8 Å². The predicted octanol–water partition coefficient (Wildman–Crippen LogP) is 0.921. The van der Waals surface area contributed by atoms with E-state index in [4.69, 9.17) is 0 Å². The van der Waals surface area contributed by atoms with Crippen LogP contribution in [0.4, 0.5) is 0 Å². The van der Waals surface area contributed by atoms with E-state index in [0.717, 1.165) is 24.7 Å². The molecule has 0 bridgehead atoms. The standard InChI is InChI=1S/C11H21N5/c1-3-12-10(7-9-5-4-6-9)8-11-13-15-16(2)14-11/h9-10,12H,3-8H2,1-2H3. The third-order valence-electron chi connectivity index (χ3n) is 3.31. The number of rotatable bonds is 6. The van der Waals surface area contributed by atoms with Crippen LogP contribution in [0.1, 0.15) is 38.4 Å². The molecule has 1 unspecified atom stereocenters. The first-order valence-electron chi connectivity index (χ1n) is 6.24. The number of hydrogen-bond acceptors (Lipinski definition) is 4. The Labute approximate surface area is 96.6 Å². The van der Waals surface area contributed by atoms with E-state index < -0.39 is 0 Å². The summed E-state index contributed by atoms with van der Waals surface area (Å²) in [5.74, 6) is 1.77. The number of nitrogens with zero attached hydrogens (tertiary/aromatic N) is 4. The van der Waals surface area contributed by atoms with Gasteiger partial charge >= 0.3 is 0 Å². The maximum Gasteiger partial charge on any atom is 0.176 e. The molecule has 0 radical (unpaired) electrons. The summed E-state index contributed by atoms with van der Waals surface area (Å²) in [5, 5.41) is 15.7. The molecule has 1 fully saturated rings. The average Bonchev–Trinajstić information content (AvgIpc) is 2.58. The zero-order chi connectivity index (χ0) is 11.4. The Bertz CT molecular complexity index is 318. The second kappa shape index (κ2) is 5.39. The first kappa shape index (κ1) is 11.5. The lowest BCUT2D eigenvalue weighted by Crippen LogP contribution is -2.34. The third-order valence-corrected chi connectivity index (χ3v) is 3.31. The van der Waals surface area contributed by atoms with Crippen LogP contribution in [0.25, 0.3) is 0 Å². The highest BCUT2D eigenvalue weighted by atomic mass is 15.6. The molecular formula is C11H21N5. The number of tetrazole rings is 1. The van der Waals surface area contributed by atoms with Crippen molar-refractivity contribution in [1.82, 2.24) is 25.5 Å². The molecule has 1 aromatic heterocycles. The van der Waals surface area contributed by atoms with Crippen molar-refractivity contribution < 1.29 is 0 Å². The van der Waals surface area contributed by atoms with Gasteiger partial charge in [-0.1, -0.05) is 26.2 Å². The largest absolute Gasteiger partial charge is 0.314 e. The lowest BCUT2D eigenvalue weighted by molar-refractivity contribution is 0.259. The average molecular weight is 223 g/mol. The van der Waals surface area contributed by atoms with Gasteiger partial charge in [-0.2, -0.15) is 4.80 Å². The topological polar surface area (TPSA) is 55.6 Å². The minimum absolute atomic E-state index is 0.513. The molecular weight excluding hydrogens is 202 g/mol. The molecule has 1 atom stereocenters. The number of aromatic nitrogens is 4. The Kier molecular flexibility index (Phi) is 3.88. The van der Waals surface area contributed by atoms with E-state index >= 15 is 0 Å². The minimum atomic E-state index is 0.513. The van der Waals surface area contributed by atoms with Crippen LogP contribution in [-0.2, 0) is 13.5 Å². The highest BCUT2D eigenvalue weighted by molar-refractivity contribution is 4.87. The second-order valence-corrected chi connectivity index (χ2v) is 4.69. The molecule has 0 aromatic carbocycles. The zero-order valence-electron chi connectivity index (χ0n) is 10.2. The van der Waals surface area contributed by atoms with E-state index in [1.54, 1.807) is 0 Å². The van der Waals surface area contributed by atoms with Crippen molar-refractivity contribution in [3.63, 3.8) is 0 Å². The van der Waals surface area contributed by atoms with E-state index in [1.807, 2.05) is 7.05 Å². The van der Waals surface area contributed by atoms with Gasteiger partial charge in [0.2, 0.25) is 0 Å². The van der Waals surface area contributed by atoms with Crippen LogP contribution in [0.3, 0.4) is 0 Å². The first-order chi connectivity index (χ1) is 7.78. The fourth-order valence-corrected chi connectivity index (χ4v) is 2.28. The molecule has 1 aliphatic rings. The van der Waals surface area contributed by atoms with Gasteiger partial charge in [0.25, 0.3) is 0 Å². The Morgan fingerprint density at radius 2 is 2.31 bits per heavy atom.